The van der Waals surface area contributed by atoms with E-state index in [0.717, 1.165) is 0 Å². The molecule has 92 valence electrons. The molecule has 16 heavy (non-hydrogen) atoms. The molecule has 3 N–H and O–H groups in total. The van der Waals surface area contributed by atoms with Crippen LogP contribution in [0.4, 0.5) is 0 Å². The normalized spacial score (nSPS) is 31.1. The Balaban J connectivity index is 2.63. The van der Waals surface area contributed by atoms with Gasteiger partial charge in [0.15, 0.2) is 0 Å². The Labute approximate surface area is 94.8 Å². The second kappa shape index (κ2) is 5.30. The first-order chi connectivity index (χ1) is 7.45. The predicted octanol–water partition coefficient (Wildman–Crippen LogP) is 0.230. The number of hydrogen-bond acceptors (Lipinski definition) is 3. The molecule has 0 aromatic rings. The molecule has 0 aliphatic heterocycles. The fraction of sp³-hybridized carbons (Fsp3) is 0.818. The fourth-order valence-electron chi connectivity index (χ4n) is 2.25. The van der Waals surface area contributed by atoms with Crippen LogP contribution in [0, 0.1) is 17.8 Å². The lowest BCUT2D eigenvalue weighted by atomic mass is 9.95. The first kappa shape index (κ1) is 13.0. The molecule has 0 bridgehead atoms. The summed E-state index contributed by atoms with van der Waals surface area (Å²) in [6.45, 7) is 3.51. The minimum Gasteiger partial charge on any atom is -0.481 e. The third-order valence-electron chi connectivity index (χ3n) is 3.11. The zero-order valence-corrected chi connectivity index (χ0v) is 9.64. The summed E-state index contributed by atoms with van der Waals surface area (Å²) in [6, 6.07) is -0.321. The Hall–Kier alpha value is -1.10. The fourth-order valence-corrected chi connectivity index (χ4v) is 2.25. The van der Waals surface area contributed by atoms with E-state index >= 15 is 0 Å². The number of carbonyl (C=O) groups excluding carboxylic acids is 1. The summed E-state index contributed by atoms with van der Waals surface area (Å²) in [5.41, 5.74) is 0. The predicted molar refractivity (Wildman–Crippen MR) is 57.7 cm³/mol. The minimum atomic E-state index is -0.902. The van der Waals surface area contributed by atoms with Crippen molar-refractivity contribution < 1.29 is 19.8 Å². The molecule has 0 spiro atoms. The largest absolute Gasteiger partial charge is 0.481 e. The third-order valence-corrected chi connectivity index (χ3v) is 3.11. The summed E-state index contributed by atoms with van der Waals surface area (Å²) in [7, 11) is 0. The van der Waals surface area contributed by atoms with Crippen LogP contribution in [0.5, 0.6) is 0 Å². The number of carboxylic acid groups (broad SMARTS) is 1. The topological polar surface area (TPSA) is 86.6 Å². The van der Waals surface area contributed by atoms with Gasteiger partial charge >= 0.3 is 5.97 Å². The van der Waals surface area contributed by atoms with E-state index in [4.69, 9.17) is 10.2 Å². The van der Waals surface area contributed by atoms with Gasteiger partial charge in [0.25, 0.3) is 0 Å². The van der Waals surface area contributed by atoms with Gasteiger partial charge in [0.2, 0.25) is 5.91 Å². The van der Waals surface area contributed by atoms with Crippen LogP contribution in [0.25, 0.3) is 0 Å². The molecule has 1 aliphatic rings. The van der Waals surface area contributed by atoms with Crippen molar-refractivity contribution in [3.8, 4) is 0 Å². The van der Waals surface area contributed by atoms with Crippen LogP contribution in [0.15, 0.2) is 0 Å². The zero-order valence-electron chi connectivity index (χ0n) is 9.64. The van der Waals surface area contributed by atoms with Crippen LogP contribution in [0.2, 0.25) is 0 Å². The smallest absolute Gasteiger partial charge is 0.307 e. The summed E-state index contributed by atoms with van der Waals surface area (Å²) in [5.74, 6) is -1.93. The average molecular weight is 229 g/mol. The maximum Gasteiger partial charge on any atom is 0.307 e. The van der Waals surface area contributed by atoms with Gasteiger partial charge in [-0.3, -0.25) is 9.59 Å². The quantitative estimate of drug-likeness (QED) is 0.644. The van der Waals surface area contributed by atoms with Crippen LogP contribution < -0.4 is 5.32 Å². The number of aliphatic hydroxyl groups is 1. The summed E-state index contributed by atoms with van der Waals surface area (Å²) < 4.78 is 0. The molecule has 0 radical (unpaired) electrons. The Morgan fingerprint density at radius 2 is 1.94 bits per heavy atom. The highest BCUT2D eigenvalue weighted by Gasteiger charge is 2.41. The van der Waals surface area contributed by atoms with E-state index in [1.54, 1.807) is 6.92 Å². The minimum absolute atomic E-state index is 0.133. The second-order valence-corrected chi connectivity index (χ2v) is 4.72. The second-order valence-electron chi connectivity index (χ2n) is 4.72. The Morgan fingerprint density at radius 1 is 1.38 bits per heavy atom. The third kappa shape index (κ3) is 2.95. The number of aliphatic carboxylic acids is 1. The van der Waals surface area contributed by atoms with E-state index in [9.17, 15) is 9.59 Å². The van der Waals surface area contributed by atoms with E-state index in [2.05, 4.69) is 5.32 Å². The molecular weight excluding hydrogens is 210 g/mol. The molecule has 0 saturated heterocycles. The monoisotopic (exact) mass is 229 g/mol. The number of hydrogen-bond donors (Lipinski definition) is 3. The van der Waals surface area contributed by atoms with Crippen molar-refractivity contribution in [2.45, 2.75) is 32.7 Å². The van der Waals surface area contributed by atoms with Gasteiger partial charge in [-0.05, 0) is 25.7 Å². The number of aliphatic hydroxyl groups excluding tert-OH is 1. The molecule has 1 rings (SSSR count). The molecule has 0 aromatic carbocycles. The first-order valence-corrected chi connectivity index (χ1v) is 5.59. The zero-order chi connectivity index (χ0) is 12.3. The van der Waals surface area contributed by atoms with Crippen LogP contribution in [0.3, 0.4) is 0 Å². The molecule has 1 saturated carbocycles. The van der Waals surface area contributed by atoms with Gasteiger partial charge in [-0.1, -0.05) is 6.92 Å². The van der Waals surface area contributed by atoms with Gasteiger partial charge in [-0.25, -0.2) is 0 Å². The van der Waals surface area contributed by atoms with E-state index in [-0.39, 0.29) is 24.5 Å². The van der Waals surface area contributed by atoms with Crippen LogP contribution in [-0.2, 0) is 9.59 Å². The molecule has 1 amide bonds. The van der Waals surface area contributed by atoms with Gasteiger partial charge in [-0.2, -0.15) is 0 Å². The molecule has 5 heteroatoms. The highest BCUT2D eigenvalue weighted by atomic mass is 16.4. The highest BCUT2D eigenvalue weighted by Crippen LogP contribution is 2.36. The highest BCUT2D eigenvalue weighted by molar-refractivity contribution is 5.85. The molecule has 5 nitrogen and oxygen atoms in total. The van der Waals surface area contributed by atoms with Crippen molar-refractivity contribution in [1.29, 1.82) is 0 Å². The number of carboxylic acids is 1. The van der Waals surface area contributed by atoms with E-state index in [0.29, 0.717) is 12.8 Å². The summed E-state index contributed by atoms with van der Waals surface area (Å²) in [4.78, 5) is 22.8. The standard InChI is InChI=1S/C11H19NO4/c1-6-3-8(9(4-6)11(15)16)10(14)12-7(2)5-13/h6-9,13H,3-5H2,1-2H3,(H,12,14)(H,15,16)/t6?,7-,8+,9-/m1/s1. The number of amides is 1. The lowest BCUT2D eigenvalue weighted by molar-refractivity contribution is -0.146. The Morgan fingerprint density at radius 3 is 2.44 bits per heavy atom. The SMILES string of the molecule is CC1C[C@H](C(=O)N[C@H](C)CO)[C@H](C(=O)O)C1. The lowest BCUT2D eigenvalue weighted by Gasteiger charge is -2.18. The molecular formula is C11H19NO4. The maximum absolute atomic E-state index is 11.8. The number of nitrogens with one attached hydrogen (secondary N) is 1. The Bertz CT molecular complexity index is 279. The maximum atomic E-state index is 11.8. The van der Waals surface area contributed by atoms with Gasteiger partial charge < -0.3 is 15.5 Å². The van der Waals surface area contributed by atoms with Gasteiger partial charge in [0.05, 0.1) is 18.4 Å². The van der Waals surface area contributed by atoms with Gasteiger partial charge in [0, 0.05) is 6.04 Å². The van der Waals surface area contributed by atoms with Gasteiger partial charge in [0.1, 0.15) is 0 Å². The molecule has 0 heterocycles. The van der Waals surface area contributed by atoms with E-state index in [1.807, 2.05) is 6.92 Å². The summed E-state index contributed by atoms with van der Waals surface area (Å²) >= 11 is 0. The van der Waals surface area contributed by atoms with Crippen molar-refractivity contribution in [3.05, 3.63) is 0 Å². The van der Waals surface area contributed by atoms with E-state index in [1.165, 1.54) is 0 Å². The van der Waals surface area contributed by atoms with Crippen molar-refractivity contribution in [3.63, 3.8) is 0 Å². The molecule has 4 atom stereocenters. The number of rotatable bonds is 4. The van der Waals surface area contributed by atoms with Crippen molar-refractivity contribution in [1.82, 2.24) is 5.32 Å². The summed E-state index contributed by atoms with van der Waals surface area (Å²) in [6.07, 6.45) is 1.17. The van der Waals surface area contributed by atoms with Crippen molar-refractivity contribution >= 4 is 11.9 Å². The lowest BCUT2D eigenvalue weighted by Crippen LogP contribution is -2.41. The Kier molecular flexibility index (Phi) is 4.29. The van der Waals surface area contributed by atoms with E-state index < -0.39 is 17.8 Å². The van der Waals surface area contributed by atoms with Crippen LogP contribution in [-0.4, -0.2) is 34.7 Å². The number of carbonyl (C=O) groups is 2. The van der Waals surface area contributed by atoms with Crippen molar-refractivity contribution in [2.24, 2.45) is 17.8 Å². The molecule has 1 aliphatic carbocycles. The van der Waals surface area contributed by atoms with Crippen LogP contribution >= 0.6 is 0 Å². The summed E-state index contributed by atoms with van der Waals surface area (Å²) in [5, 5.41) is 20.5. The average Bonchev–Trinajstić information content (AvgIpc) is 2.60. The van der Waals surface area contributed by atoms with Crippen molar-refractivity contribution in [2.75, 3.05) is 6.61 Å². The van der Waals surface area contributed by atoms with Crippen LogP contribution in [0.1, 0.15) is 26.7 Å². The first-order valence-electron chi connectivity index (χ1n) is 5.59. The molecule has 1 fully saturated rings. The molecule has 1 unspecified atom stereocenters. The molecule has 0 aromatic heterocycles. The van der Waals surface area contributed by atoms with Gasteiger partial charge in [-0.15, -0.1) is 0 Å².